The zero-order valence-electron chi connectivity index (χ0n) is 8.23. The van der Waals surface area contributed by atoms with Crippen LogP contribution in [0, 0.1) is 11.8 Å². The number of nitrogens with zero attached hydrogens (tertiary/aromatic N) is 2. The summed E-state index contributed by atoms with van der Waals surface area (Å²) in [5.41, 5.74) is 0.601. The molecule has 2 heterocycles. The zero-order valence-corrected chi connectivity index (χ0v) is 8.23. The Labute approximate surface area is 90.7 Å². The molecule has 0 aliphatic carbocycles. The van der Waals surface area contributed by atoms with E-state index in [4.69, 9.17) is 4.74 Å². The number of hydrogen-bond donors (Lipinski definition) is 0. The highest BCUT2D eigenvalue weighted by Gasteiger charge is 1.99. The summed E-state index contributed by atoms with van der Waals surface area (Å²) in [6.45, 7) is 0.165. The minimum absolute atomic E-state index is 0.165. The van der Waals surface area contributed by atoms with Crippen LogP contribution in [0.5, 0.6) is 5.75 Å². The van der Waals surface area contributed by atoms with E-state index in [2.05, 4.69) is 9.97 Å². The lowest BCUT2D eigenvalue weighted by atomic mass is 10.3. The summed E-state index contributed by atoms with van der Waals surface area (Å²) >= 11 is 0. The summed E-state index contributed by atoms with van der Waals surface area (Å²) < 4.78 is 30.5. The summed E-state index contributed by atoms with van der Waals surface area (Å²) in [4.78, 5) is 7.11. The minimum Gasteiger partial charge on any atom is -0.487 e. The molecule has 3 nitrogen and oxygen atoms in total. The van der Waals surface area contributed by atoms with Crippen LogP contribution in [-0.4, -0.2) is 9.97 Å². The van der Waals surface area contributed by atoms with Crippen molar-refractivity contribution in [2.75, 3.05) is 0 Å². The average Bonchev–Trinajstić information content (AvgIpc) is 2.28. The Morgan fingerprint density at radius 1 is 1.12 bits per heavy atom. The highest BCUT2D eigenvalue weighted by Crippen LogP contribution is 2.11. The van der Waals surface area contributed by atoms with Crippen LogP contribution in [0.15, 0.2) is 36.8 Å². The Morgan fingerprint density at radius 3 is 2.69 bits per heavy atom. The molecule has 0 fully saturated rings. The van der Waals surface area contributed by atoms with Gasteiger partial charge in [0.15, 0.2) is 0 Å². The second-order valence-corrected chi connectivity index (χ2v) is 3.12. The van der Waals surface area contributed by atoms with Gasteiger partial charge >= 0.3 is 0 Å². The van der Waals surface area contributed by atoms with Crippen molar-refractivity contribution in [2.45, 2.75) is 6.61 Å². The maximum Gasteiger partial charge on any atom is 0.213 e. The highest BCUT2D eigenvalue weighted by molar-refractivity contribution is 5.17. The molecular weight excluding hydrogens is 214 g/mol. The van der Waals surface area contributed by atoms with E-state index in [1.165, 1.54) is 30.6 Å². The van der Waals surface area contributed by atoms with Crippen LogP contribution >= 0.6 is 0 Å². The van der Waals surface area contributed by atoms with E-state index in [1.807, 2.05) is 0 Å². The van der Waals surface area contributed by atoms with Gasteiger partial charge in [-0.15, -0.1) is 0 Å². The summed E-state index contributed by atoms with van der Waals surface area (Å²) in [6, 6.07) is 3.97. The molecule has 2 rings (SSSR count). The van der Waals surface area contributed by atoms with Crippen molar-refractivity contribution >= 4 is 0 Å². The fraction of sp³-hybridized carbons (Fsp3) is 0.0909. The van der Waals surface area contributed by atoms with Gasteiger partial charge in [-0.3, -0.25) is 4.98 Å². The van der Waals surface area contributed by atoms with E-state index in [0.29, 0.717) is 11.3 Å². The van der Waals surface area contributed by atoms with E-state index < -0.39 is 11.8 Å². The van der Waals surface area contributed by atoms with Crippen molar-refractivity contribution in [3.8, 4) is 5.75 Å². The van der Waals surface area contributed by atoms with Crippen molar-refractivity contribution in [1.82, 2.24) is 9.97 Å². The fourth-order valence-corrected chi connectivity index (χ4v) is 1.15. The van der Waals surface area contributed by atoms with Crippen molar-refractivity contribution in [3.63, 3.8) is 0 Å². The molecule has 0 aliphatic heterocycles. The van der Waals surface area contributed by atoms with Gasteiger partial charge in [0.1, 0.15) is 18.2 Å². The number of aromatic nitrogens is 2. The largest absolute Gasteiger partial charge is 0.487 e. The molecule has 0 spiro atoms. The molecule has 0 aliphatic rings. The van der Waals surface area contributed by atoms with Crippen LogP contribution in [0.4, 0.5) is 8.78 Å². The first-order valence-corrected chi connectivity index (χ1v) is 4.58. The Balaban J connectivity index is 1.99. The van der Waals surface area contributed by atoms with Crippen LogP contribution in [0.3, 0.4) is 0 Å². The third-order valence-corrected chi connectivity index (χ3v) is 1.87. The lowest BCUT2D eigenvalue weighted by molar-refractivity contribution is 0.302. The molecule has 0 saturated heterocycles. The van der Waals surface area contributed by atoms with Gasteiger partial charge in [0, 0.05) is 11.8 Å². The molecule has 0 unspecified atom stereocenters. The van der Waals surface area contributed by atoms with Gasteiger partial charge in [-0.05, 0) is 18.2 Å². The number of hydrogen-bond acceptors (Lipinski definition) is 3. The molecule has 2 aromatic rings. The Bertz CT molecular complexity index is 474. The third kappa shape index (κ3) is 2.73. The predicted molar refractivity (Wildman–Crippen MR) is 52.7 cm³/mol. The van der Waals surface area contributed by atoms with E-state index in [1.54, 1.807) is 0 Å². The van der Waals surface area contributed by atoms with E-state index >= 15 is 0 Å². The molecule has 82 valence electrons. The monoisotopic (exact) mass is 222 g/mol. The van der Waals surface area contributed by atoms with Gasteiger partial charge in [0.05, 0.1) is 12.4 Å². The van der Waals surface area contributed by atoms with Crippen molar-refractivity contribution in [1.29, 1.82) is 0 Å². The van der Waals surface area contributed by atoms with E-state index in [0.717, 1.165) is 6.20 Å². The molecule has 2 aromatic heterocycles. The molecule has 0 N–H and O–H groups in total. The standard InChI is InChI=1S/C11H8F2N2O/c12-9-3-8(4-14-5-9)7-16-10-1-2-11(13)15-6-10/h1-6H,7H2. The number of ether oxygens (including phenoxy) is 1. The number of rotatable bonds is 3. The molecule has 0 saturated carbocycles. The Morgan fingerprint density at radius 2 is 2.00 bits per heavy atom. The van der Waals surface area contributed by atoms with E-state index in [-0.39, 0.29) is 6.61 Å². The summed E-state index contributed by atoms with van der Waals surface area (Å²) in [7, 11) is 0. The predicted octanol–water partition coefficient (Wildman–Crippen LogP) is 2.33. The molecule has 5 heteroatoms. The Kier molecular flexibility index (Phi) is 3.05. The molecule has 0 radical (unpaired) electrons. The molecule has 0 aromatic carbocycles. The smallest absolute Gasteiger partial charge is 0.213 e. The maximum atomic E-state index is 12.8. The van der Waals surface area contributed by atoms with Gasteiger partial charge in [-0.2, -0.15) is 4.39 Å². The topological polar surface area (TPSA) is 35.0 Å². The van der Waals surface area contributed by atoms with Gasteiger partial charge < -0.3 is 4.74 Å². The van der Waals surface area contributed by atoms with E-state index in [9.17, 15) is 8.78 Å². The summed E-state index contributed by atoms with van der Waals surface area (Å²) in [5.74, 6) is -0.566. The van der Waals surface area contributed by atoms with Gasteiger partial charge in [-0.25, -0.2) is 9.37 Å². The molecular formula is C11H8F2N2O. The molecule has 0 amide bonds. The van der Waals surface area contributed by atoms with Crippen LogP contribution < -0.4 is 4.74 Å². The first-order valence-electron chi connectivity index (χ1n) is 4.58. The molecule has 0 bridgehead atoms. The summed E-state index contributed by atoms with van der Waals surface area (Å²) in [5, 5.41) is 0. The average molecular weight is 222 g/mol. The number of halogens is 2. The normalized spacial score (nSPS) is 10.1. The van der Waals surface area contributed by atoms with Crippen molar-refractivity contribution in [2.24, 2.45) is 0 Å². The van der Waals surface area contributed by atoms with Crippen molar-refractivity contribution < 1.29 is 13.5 Å². The second-order valence-electron chi connectivity index (χ2n) is 3.12. The fourth-order valence-electron chi connectivity index (χ4n) is 1.15. The van der Waals surface area contributed by atoms with Gasteiger partial charge in [-0.1, -0.05) is 0 Å². The van der Waals surface area contributed by atoms with Crippen LogP contribution in [0.25, 0.3) is 0 Å². The van der Waals surface area contributed by atoms with Crippen LogP contribution in [-0.2, 0) is 6.61 Å². The maximum absolute atomic E-state index is 12.8. The highest BCUT2D eigenvalue weighted by atomic mass is 19.1. The third-order valence-electron chi connectivity index (χ3n) is 1.87. The summed E-state index contributed by atoms with van der Waals surface area (Å²) in [6.07, 6.45) is 3.88. The molecule has 0 atom stereocenters. The van der Waals surface area contributed by atoms with Crippen LogP contribution in [0.2, 0.25) is 0 Å². The Hall–Kier alpha value is -2.04. The van der Waals surface area contributed by atoms with Gasteiger partial charge in [0.2, 0.25) is 5.95 Å². The first kappa shape index (κ1) is 10.5. The number of pyridine rings is 2. The quantitative estimate of drug-likeness (QED) is 0.747. The molecule has 16 heavy (non-hydrogen) atoms. The minimum atomic E-state index is -0.570. The van der Waals surface area contributed by atoms with Gasteiger partial charge in [0.25, 0.3) is 0 Å². The lowest BCUT2D eigenvalue weighted by Gasteiger charge is -2.04. The van der Waals surface area contributed by atoms with Crippen molar-refractivity contribution in [3.05, 3.63) is 54.1 Å². The SMILES string of the molecule is Fc1cncc(COc2ccc(F)nc2)c1. The zero-order chi connectivity index (χ0) is 11.4. The second kappa shape index (κ2) is 4.65. The van der Waals surface area contributed by atoms with Crippen LogP contribution in [0.1, 0.15) is 5.56 Å². The lowest BCUT2D eigenvalue weighted by Crippen LogP contribution is -1.97. The first-order chi connectivity index (χ1) is 7.74.